The van der Waals surface area contributed by atoms with Gasteiger partial charge >= 0.3 is 12.0 Å². The number of carboxylic acid groups (broad SMARTS) is 1. The van der Waals surface area contributed by atoms with Gasteiger partial charge in [0.15, 0.2) is 0 Å². The van der Waals surface area contributed by atoms with Crippen molar-refractivity contribution < 1.29 is 19.5 Å². The van der Waals surface area contributed by atoms with Crippen LogP contribution in [0, 0.1) is 6.92 Å². The summed E-state index contributed by atoms with van der Waals surface area (Å²) in [7, 11) is 1.51. The first kappa shape index (κ1) is 15.5. The van der Waals surface area contributed by atoms with Gasteiger partial charge < -0.3 is 21.1 Å². The predicted molar refractivity (Wildman–Crippen MR) is 73.8 cm³/mol. The number of urea groups is 1. The molecule has 7 heteroatoms. The number of anilines is 1. The Bertz CT molecular complexity index is 528. The maximum Gasteiger partial charge on any atom is 0.337 e. The van der Waals surface area contributed by atoms with Crippen molar-refractivity contribution in [2.24, 2.45) is 0 Å². The molecule has 4 N–H and O–H groups in total. The van der Waals surface area contributed by atoms with Crippen LogP contribution in [0.2, 0.25) is 0 Å². The molecule has 0 saturated carbocycles. The van der Waals surface area contributed by atoms with Gasteiger partial charge in [0.2, 0.25) is 5.91 Å². The Kier molecular flexibility index (Phi) is 5.52. The summed E-state index contributed by atoms with van der Waals surface area (Å²) in [5, 5.41) is 16.5. The van der Waals surface area contributed by atoms with Crippen LogP contribution in [0.1, 0.15) is 22.3 Å². The van der Waals surface area contributed by atoms with Gasteiger partial charge in [-0.2, -0.15) is 0 Å². The van der Waals surface area contributed by atoms with E-state index in [9.17, 15) is 14.4 Å². The molecule has 108 valence electrons. The quantitative estimate of drug-likeness (QED) is 0.643. The molecular formula is C13H17N3O4. The number of hydrogen-bond donors (Lipinski definition) is 4. The number of carbonyl (C=O) groups excluding carboxylic acids is 2. The van der Waals surface area contributed by atoms with E-state index in [1.807, 2.05) is 0 Å². The molecule has 20 heavy (non-hydrogen) atoms. The number of carboxylic acids is 1. The molecule has 0 heterocycles. The van der Waals surface area contributed by atoms with Crippen LogP contribution in [0.4, 0.5) is 10.5 Å². The fourth-order valence-corrected chi connectivity index (χ4v) is 1.58. The first-order valence-corrected chi connectivity index (χ1v) is 6.04. The van der Waals surface area contributed by atoms with Crippen LogP contribution in [-0.2, 0) is 4.79 Å². The van der Waals surface area contributed by atoms with E-state index in [0.29, 0.717) is 5.56 Å². The smallest absolute Gasteiger partial charge is 0.337 e. The Hall–Kier alpha value is -2.57. The highest BCUT2D eigenvalue weighted by Crippen LogP contribution is 2.20. The van der Waals surface area contributed by atoms with Crippen molar-refractivity contribution in [1.82, 2.24) is 10.6 Å². The van der Waals surface area contributed by atoms with E-state index in [2.05, 4.69) is 16.0 Å². The molecule has 1 aromatic rings. The predicted octanol–water partition coefficient (Wildman–Crippen LogP) is 0.951. The molecule has 0 aromatic heterocycles. The van der Waals surface area contributed by atoms with E-state index in [-0.39, 0.29) is 30.1 Å². The minimum atomic E-state index is -1.12. The van der Waals surface area contributed by atoms with Crippen LogP contribution in [0.15, 0.2) is 18.2 Å². The number of carbonyl (C=O) groups is 3. The molecule has 0 bridgehead atoms. The molecule has 0 atom stereocenters. The topological polar surface area (TPSA) is 108 Å². The van der Waals surface area contributed by atoms with Crippen molar-refractivity contribution in [3.63, 3.8) is 0 Å². The molecule has 1 aromatic carbocycles. The van der Waals surface area contributed by atoms with Crippen molar-refractivity contribution in [3.05, 3.63) is 29.3 Å². The third-order valence-corrected chi connectivity index (χ3v) is 2.66. The lowest BCUT2D eigenvalue weighted by molar-refractivity contribution is -0.120. The van der Waals surface area contributed by atoms with Crippen molar-refractivity contribution in [2.45, 2.75) is 13.3 Å². The lowest BCUT2D eigenvalue weighted by Crippen LogP contribution is -2.33. The Balaban J connectivity index is 2.66. The molecule has 0 spiro atoms. The molecule has 0 fully saturated rings. The Morgan fingerprint density at radius 3 is 2.55 bits per heavy atom. The second kappa shape index (κ2) is 7.13. The second-order valence-corrected chi connectivity index (χ2v) is 4.11. The highest BCUT2D eigenvalue weighted by molar-refractivity contribution is 6.01. The van der Waals surface area contributed by atoms with Crippen molar-refractivity contribution in [2.75, 3.05) is 18.9 Å². The van der Waals surface area contributed by atoms with Gasteiger partial charge in [-0.3, -0.25) is 4.79 Å². The van der Waals surface area contributed by atoms with Crippen LogP contribution in [0.5, 0.6) is 0 Å². The summed E-state index contributed by atoms with van der Waals surface area (Å²) in [6, 6.07) is 4.17. The zero-order chi connectivity index (χ0) is 15.1. The molecule has 3 amide bonds. The van der Waals surface area contributed by atoms with Crippen LogP contribution in [-0.4, -0.2) is 36.6 Å². The zero-order valence-electron chi connectivity index (χ0n) is 11.3. The number of aromatic carboxylic acids is 1. The van der Waals surface area contributed by atoms with Crippen LogP contribution >= 0.6 is 0 Å². The van der Waals surface area contributed by atoms with Gasteiger partial charge in [-0.1, -0.05) is 12.1 Å². The van der Waals surface area contributed by atoms with E-state index in [1.165, 1.54) is 13.1 Å². The minimum Gasteiger partial charge on any atom is -0.478 e. The first-order chi connectivity index (χ1) is 9.45. The molecule has 0 aliphatic carbocycles. The normalized spacial score (nSPS) is 9.70. The van der Waals surface area contributed by atoms with Gasteiger partial charge in [0.25, 0.3) is 0 Å². The molecule has 7 nitrogen and oxygen atoms in total. The molecule has 0 aliphatic heterocycles. The summed E-state index contributed by atoms with van der Waals surface area (Å²) in [5.41, 5.74) is 0.912. The molecule has 0 aliphatic rings. The van der Waals surface area contributed by atoms with Crippen molar-refractivity contribution >= 4 is 23.6 Å². The molecule has 1 rings (SSSR count). The van der Waals surface area contributed by atoms with Crippen molar-refractivity contribution in [3.8, 4) is 0 Å². The average Bonchev–Trinajstić information content (AvgIpc) is 2.40. The van der Waals surface area contributed by atoms with E-state index in [1.54, 1.807) is 19.1 Å². The van der Waals surface area contributed by atoms with Gasteiger partial charge in [-0.15, -0.1) is 0 Å². The monoisotopic (exact) mass is 279 g/mol. The summed E-state index contributed by atoms with van der Waals surface area (Å²) >= 11 is 0. The summed E-state index contributed by atoms with van der Waals surface area (Å²) in [5.74, 6) is -1.30. The molecule has 0 unspecified atom stereocenters. The molecular weight excluding hydrogens is 262 g/mol. The van der Waals surface area contributed by atoms with E-state index >= 15 is 0 Å². The Morgan fingerprint density at radius 2 is 1.95 bits per heavy atom. The number of rotatable bonds is 5. The third-order valence-electron chi connectivity index (χ3n) is 2.66. The van der Waals surface area contributed by atoms with E-state index < -0.39 is 12.0 Å². The minimum absolute atomic E-state index is 0.0199. The van der Waals surface area contributed by atoms with Gasteiger partial charge in [0, 0.05) is 20.0 Å². The highest BCUT2D eigenvalue weighted by Gasteiger charge is 2.14. The van der Waals surface area contributed by atoms with Crippen LogP contribution in [0.25, 0.3) is 0 Å². The number of para-hydroxylation sites is 1. The number of aryl methyl sites for hydroxylation is 1. The van der Waals surface area contributed by atoms with E-state index in [0.717, 1.165) is 0 Å². The summed E-state index contributed by atoms with van der Waals surface area (Å²) in [6.07, 6.45) is 0.156. The molecule has 0 saturated heterocycles. The summed E-state index contributed by atoms with van der Waals surface area (Å²) in [6.45, 7) is 1.87. The first-order valence-electron chi connectivity index (χ1n) is 6.04. The van der Waals surface area contributed by atoms with Crippen LogP contribution in [0.3, 0.4) is 0 Å². The fraction of sp³-hybridized carbons (Fsp3) is 0.308. The van der Waals surface area contributed by atoms with E-state index in [4.69, 9.17) is 5.11 Å². The SMILES string of the molecule is CNC(=O)CCNC(=O)Nc1c(C)cccc1C(=O)O. The number of nitrogens with one attached hydrogen (secondary N) is 3. The highest BCUT2D eigenvalue weighted by atomic mass is 16.4. The largest absolute Gasteiger partial charge is 0.478 e. The Labute approximate surface area is 116 Å². The van der Waals surface area contributed by atoms with Gasteiger partial charge in [0.1, 0.15) is 0 Å². The zero-order valence-corrected chi connectivity index (χ0v) is 11.3. The number of amides is 3. The average molecular weight is 279 g/mol. The lowest BCUT2D eigenvalue weighted by atomic mass is 10.1. The molecule has 0 radical (unpaired) electrons. The van der Waals surface area contributed by atoms with Crippen LogP contribution < -0.4 is 16.0 Å². The van der Waals surface area contributed by atoms with Gasteiger partial charge in [0.05, 0.1) is 11.3 Å². The van der Waals surface area contributed by atoms with Gasteiger partial charge in [-0.25, -0.2) is 9.59 Å². The Morgan fingerprint density at radius 1 is 1.25 bits per heavy atom. The van der Waals surface area contributed by atoms with Crippen molar-refractivity contribution in [1.29, 1.82) is 0 Å². The second-order valence-electron chi connectivity index (χ2n) is 4.11. The number of benzene rings is 1. The summed E-state index contributed by atoms with van der Waals surface area (Å²) in [4.78, 5) is 33.7. The standard InChI is InChI=1S/C13H17N3O4/c1-8-4-3-5-9(12(18)19)11(8)16-13(20)15-7-6-10(17)14-2/h3-5H,6-7H2,1-2H3,(H,14,17)(H,18,19)(H2,15,16,20). The third kappa shape index (κ3) is 4.27. The maximum atomic E-state index is 11.7. The fourth-order valence-electron chi connectivity index (χ4n) is 1.58. The maximum absolute atomic E-state index is 11.7. The lowest BCUT2D eigenvalue weighted by Gasteiger charge is -2.12. The number of hydrogen-bond acceptors (Lipinski definition) is 3. The summed E-state index contributed by atoms with van der Waals surface area (Å²) < 4.78 is 0. The van der Waals surface area contributed by atoms with Gasteiger partial charge in [-0.05, 0) is 18.6 Å².